The van der Waals surface area contributed by atoms with Crippen LogP contribution in [0.25, 0.3) is 0 Å². The molecule has 3 heterocycles. The van der Waals surface area contributed by atoms with Crippen molar-refractivity contribution in [3.63, 3.8) is 0 Å². The van der Waals surface area contributed by atoms with E-state index in [0.29, 0.717) is 12.5 Å². The van der Waals surface area contributed by atoms with Crippen molar-refractivity contribution in [1.82, 2.24) is 15.0 Å². The number of nitro groups is 1. The molecule has 9 nitrogen and oxygen atoms in total. The molecule has 2 aliphatic rings. The number of anilines is 3. The van der Waals surface area contributed by atoms with Gasteiger partial charge in [0.1, 0.15) is 12.0 Å². The van der Waals surface area contributed by atoms with Crippen molar-refractivity contribution in [2.75, 3.05) is 28.6 Å². The molecule has 1 aliphatic carbocycles. The van der Waals surface area contributed by atoms with Gasteiger partial charge in [0.05, 0.1) is 4.92 Å². The lowest BCUT2D eigenvalue weighted by atomic mass is 10.2. The monoisotopic (exact) mass is 383 g/mol. The molecule has 4 rings (SSSR count). The topological polar surface area (TPSA) is 109 Å². The van der Waals surface area contributed by atoms with E-state index in [9.17, 15) is 10.1 Å². The van der Waals surface area contributed by atoms with Gasteiger partial charge in [0, 0.05) is 31.9 Å². The molecule has 2 aromatic rings. The van der Waals surface area contributed by atoms with Crippen molar-refractivity contribution < 1.29 is 4.92 Å². The highest BCUT2D eigenvalue weighted by Crippen LogP contribution is 2.29. The van der Waals surface area contributed by atoms with Gasteiger partial charge in [-0.15, -0.1) is 0 Å². The molecule has 0 bridgehead atoms. The smallest absolute Gasteiger partial charge is 0.329 e. The summed E-state index contributed by atoms with van der Waals surface area (Å²) in [6, 6.07) is 4.38. The molecule has 0 unspecified atom stereocenters. The van der Waals surface area contributed by atoms with Crippen LogP contribution in [0.3, 0.4) is 0 Å². The van der Waals surface area contributed by atoms with Crippen molar-refractivity contribution in [3.05, 3.63) is 40.2 Å². The Morgan fingerprint density at radius 2 is 1.89 bits per heavy atom. The Labute approximate surface area is 163 Å². The van der Waals surface area contributed by atoms with Crippen molar-refractivity contribution in [2.45, 2.75) is 51.1 Å². The fourth-order valence-corrected chi connectivity index (χ4v) is 3.31. The van der Waals surface area contributed by atoms with Crippen LogP contribution in [0.1, 0.15) is 44.1 Å². The summed E-state index contributed by atoms with van der Waals surface area (Å²) >= 11 is 0. The number of nitrogens with one attached hydrogen (secondary N) is 2. The number of pyridine rings is 1. The highest BCUT2D eigenvalue weighted by Gasteiger charge is 2.26. The molecule has 1 saturated heterocycles. The summed E-state index contributed by atoms with van der Waals surface area (Å²) in [7, 11) is 0. The predicted octanol–water partition coefficient (Wildman–Crippen LogP) is 3.35. The third-order valence-electron chi connectivity index (χ3n) is 5.07. The summed E-state index contributed by atoms with van der Waals surface area (Å²) in [5.74, 6) is 1.66. The van der Waals surface area contributed by atoms with Crippen molar-refractivity contribution in [1.29, 1.82) is 0 Å². The Morgan fingerprint density at radius 3 is 2.54 bits per heavy atom. The van der Waals surface area contributed by atoms with Crippen LogP contribution in [0.2, 0.25) is 0 Å². The minimum atomic E-state index is -0.458. The van der Waals surface area contributed by atoms with Crippen molar-refractivity contribution >= 4 is 23.3 Å². The standard InChI is InChI=1S/C19H25N7O2/c27-26(28)16-13-22-19(24-18(16)23-15-6-7-15)21-12-14-5-8-17(20-11-14)25-9-3-1-2-4-10-25/h5,8,11,13,15H,1-4,6-7,9-10,12H2,(H2,21,22,23,24). The Morgan fingerprint density at radius 1 is 1.11 bits per heavy atom. The first-order valence-electron chi connectivity index (χ1n) is 9.91. The first-order chi connectivity index (χ1) is 13.7. The van der Waals surface area contributed by atoms with Gasteiger partial charge in [0.25, 0.3) is 0 Å². The highest BCUT2D eigenvalue weighted by atomic mass is 16.6. The molecule has 1 saturated carbocycles. The first kappa shape index (κ1) is 18.4. The van der Waals surface area contributed by atoms with Gasteiger partial charge < -0.3 is 15.5 Å². The molecule has 2 N–H and O–H groups in total. The maximum absolute atomic E-state index is 11.2. The Kier molecular flexibility index (Phi) is 5.50. The third-order valence-corrected chi connectivity index (χ3v) is 5.07. The average molecular weight is 383 g/mol. The second-order valence-corrected chi connectivity index (χ2v) is 7.38. The molecule has 0 amide bonds. The van der Waals surface area contributed by atoms with Crippen LogP contribution in [0, 0.1) is 10.1 Å². The van der Waals surface area contributed by atoms with Crippen LogP contribution in [0.5, 0.6) is 0 Å². The molecule has 0 atom stereocenters. The fourth-order valence-electron chi connectivity index (χ4n) is 3.31. The summed E-state index contributed by atoms with van der Waals surface area (Å²) in [5, 5.41) is 17.4. The van der Waals surface area contributed by atoms with Gasteiger partial charge in [-0.25, -0.2) is 9.97 Å². The van der Waals surface area contributed by atoms with E-state index in [-0.39, 0.29) is 17.5 Å². The molecule has 0 aromatic carbocycles. The first-order valence-corrected chi connectivity index (χ1v) is 9.91. The number of aromatic nitrogens is 3. The molecule has 2 fully saturated rings. The minimum Gasteiger partial charge on any atom is -0.361 e. The van der Waals surface area contributed by atoms with Gasteiger partial charge in [-0.3, -0.25) is 10.1 Å². The van der Waals surface area contributed by atoms with Gasteiger partial charge in [-0.2, -0.15) is 4.98 Å². The molecule has 9 heteroatoms. The summed E-state index contributed by atoms with van der Waals surface area (Å²) < 4.78 is 0. The summed E-state index contributed by atoms with van der Waals surface area (Å²) in [6.45, 7) is 2.64. The molecular weight excluding hydrogens is 358 g/mol. The lowest BCUT2D eigenvalue weighted by molar-refractivity contribution is -0.384. The second kappa shape index (κ2) is 8.37. The molecule has 28 heavy (non-hydrogen) atoms. The summed E-state index contributed by atoms with van der Waals surface area (Å²) in [5.41, 5.74) is 0.915. The number of rotatable bonds is 7. The fraction of sp³-hybridized carbons (Fsp3) is 0.526. The summed E-state index contributed by atoms with van der Waals surface area (Å²) in [6.07, 6.45) is 10.2. The number of hydrogen-bond acceptors (Lipinski definition) is 8. The van der Waals surface area contributed by atoms with Crippen molar-refractivity contribution in [2.24, 2.45) is 0 Å². The third kappa shape index (κ3) is 4.65. The van der Waals surface area contributed by atoms with Gasteiger partial charge in [0.15, 0.2) is 0 Å². The van der Waals surface area contributed by atoms with Gasteiger partial charge in [0.2, 0.25) is 11.8 Å². The van der Waals surface area contributed by atoms with E-state index in [4.69, 9.17) is 0 Å². The normalized spacial score (nSPS) is 17.1. The SMILES string of the molecule is O=[N+]([O-])c1cnc(NCc2ccc(N3CCCCCC3)nc2)nc1NC1CC1. The lowest BCUT2D eigenvalue weighted by Gasteiger charge is -2.21. The van der Waals surface area contributed by atoms with Crippen LogP contribution in [0.4, 0.5) is 23.3 Å². The van der Waals surface area contributed by atoms with Crippen LogP contribution >= 0.6 is 0 Å². The Hall–Kier alpha value is -2.97. The average Bonchev–Trinajstić information content (AvgIpc) is 3.54. The number of hydrogen-bond donors (Lipinski definition) is 2. The highest BCUT2D eigenvalue weighted by molar-refractivity contribution is 5.58. The van der Waals surface area contributed by atoms with E-state index >= 15 is 0 Å². The van der Waals surface area contributed by atoms with E-state index < -0.39 is 4.92 Å². The lowest BCUT2D eigenvalue weighted by Crippen LogP contribution is -2.24. The number of nitrogens with zero attached hydrogens (tertiary/aromatic N) is 5. The molecule has 0 radical (unpaired) electrons. The van der Waals surface area contributed by atoms with E-state index in [0.717, 1.165) is 37.3 Å². The zero-order valence-electron chi connectivity index (χ0n) is 15.8. The van der Waals surface area contributed by atoms with Gasteiger partial charge in [-0.05, 0) is 37.3 Å². The minimum absolute atomic E-state index is 0.0964. The molecular formula is C19H25N7O2. The molecule has 2 aromatic heterocycles. The molecule has 148 valence electrons. The van der Waals surface area contributed by atoms with Crippen LogP contribution in [0.15, 0.2) is 24.5 Å². The maximum Gasteiger partial charge on any atom is 0.329 e. The van der Waals surface area contributed by atoms with E-state index in [2.05, 4.69) is 42.6 Å². The van der Waals surface area contributed by atoms with Crippen LogP contribution < -0.4 is 15.5 Å². The predicted molar refractivity (Wildman–Crippen MR) is 108 cm³/mol. The molecule has 0 spiro atoms. The molecule has 1 aliphatic heterocycles. The largest absolute Gasteiger partial charge is 0.361 e. The second-order valence-electron chi connectivity index (χ2n) is 7.38. The van der Waals surface area contributed by atoms with Gasteiger partial charge >= 0.3 is 5.69 Å². The quantitative estimate of drug-likeness (QED) is 0.553. The maximum atomic E-state index is 11.2. The van der Waals surface area contributed by atoms with Crippen LogP contribution in [-0.4, -0.2) is 39.0 Å². The Bertz CT molecular complexity index is 816. The van der Waals surface area contributed by atoms with E-state index in [1.165, 1.54) is 31.9 Å². The Balaban J connectivity index is 1.39. The van der Waals surface area contributed by atoms with Crippen LogP contribution in [-0.2, 0) is 6.54 Å². The zero-order valence-corrected chi connectivity index (χ0v) is 15.8. The zero-order chi connectivity index (χ0) is 19.3. The van der Waals surface area contributed by atoms with E-state index in [1.807, 2.05) is 6.20 Å². The van der Waals surface area contributed by atoms with E-state index in [1.54, 1.807) is 0 Å². The summed E-state index contributed by atoms with van der Waals surface area (Å²) in [4.78, 5) is 26.0. The van der Waals surface area contributed by atoms with Crippen molar-refractivity contribution in [3.8, 4) is 0 Å². The van der Waals surface area contributed by atoms with Gasteiger partial charge in [-0.1, -0.05) is 18.9 Å².